The van der Waals surface area contributed by atoms with Gasteiger partial charge in [0, 0.05) is 88.6 Å². The summed E-state index contributed by atoms with van der Waals surface area (Å²) in [5.41, 5.74) is 0. The Hall–Kier alpha value is -2.03. The number of hydrogen-bond acceptors (Lipinski definition) is 20. The number of cyclic esters (lactones) is 1. The van der Waals surface area contributed by atoms with E-state index >= 15 is 0 Å². The average Bonchev–Trinajstić information content (AvgIpc) is 3.39. The molecule has 26 atom stereocenters. The van der Waals surface area contributed by atoms with Crippen molar-refractivity contribution in [2.75, 3.05) is 7.11 Å². The normalized spacial score (nSPS) is 42.5. The van der Waals surface area contributed by atoms with Crippen molar-refractivity contribution in [3.63, 3.8) is 0 Å². The maximum Gasteiger partial charge on any atom is 0.306 e. The van der Waals surface area contributed by atoms with E-state index in [1.165, 1.54) is 7.11 Å². The third-order valence-electron chi connectivity index (χ3n) is 16.8. The molecule has 4 fully saturated rings. The molecule has 0 amide bonds. The molecule has 20 heteroatoms. The lowest BCUT2D eigenvalue weighted by molar-refractivity contribution is -0.318. The van der Waals surface area contributed by atoms with Crippen molar-refractivity contribution in [1.29, 1.82) is 0 Å². The highest BCUT2D eigenvalue weighted by molar-refractivity contribution is 5.69. The lowest BCUT2D eigenvalue weighted by atomic mass is 9.81. The van der Waals surface area contributed by atoms with E-state index in [0.29, 0.717) is 32.1 Å². The van der Waals surface area contributed by atoms with Crippen molar-refractivity contribution < 1.29 is 98.5 Å². The summed E-state index contributed by atoms with van der Waals surface area (Å²) in [5, 5.41) is 111. The van der Waals surface area contributed by atoms with Crippen LogP contribution < -0.4 is 0 Å². The molecular weight excluding hydrogens is 1020 g/mol. The number of allylic oxidation sites excluding steroid dienone is 4. The first kappa shape index (κ1) is 66.8. The van der Waals surface area contributed by atoms with Crippen LogP contribution in [-0.4, -0.2) is 199 Å². The molecule has 20 nitrogen and oxygen atoms in total. The number of fused-ring (bicyclic) bond motifs is 2. The monoisotopic (exact) mass is 1120 g/mol. The molecule has 452 valence electrons. The molecule has 0 radical (unpaired) electrons. The standard InChI is InChI=1S/C58H100O20/c1-31(2)22-47(76-53-29-49(57(68)38(9)73-53)77-51-27-45(63)55(66)36(7)71-51)34(5)54(65)33(4)43(61)26-46-32(3)18-14-11-12-15-19-39(59)23-41(74-52-28-48(70-10)56(67)37(8)72-52)24-42-25-44(62)35(6)58(69,78-42)30-40(60)20-16-13-17-21-50(64)75-46/h11-12,14-15,18-19,31-49,51-57,59-63,65-69H,13,16-17,20-30H2,1-10H3/t32-,33-,34-,35+,36+,37+,38+,39+,40+,41+,42+,43+,44-,45+,46+,47-,48+,49+,51-,52-,53-,54+,55+,56+,57+,58-/m0/s1. The van der Waals surface area contributed by atoms with Crippen LogP contribution in [0.5, 0.6) is 0 Å². The minimum Gasteiger partial charge on any atom is -0.462 e. The van der Waals surface area contributed by atoms with Crippen LogP contribution in [0, 0.1) is 29.6 Å². The second-order valence-corrected chi connectivity index (χ2v) is 23.8. The predicted molar refractivity (Wildman–Crippen MR) is 286 cm³/mol. The van der Waals surface area contributed by atoms with Gasteiger partial charge in [0.1, 0.15) is 24.4 Å². The van der Waals surface area contributed by atoms with E-state index < -0.39 is 158 Å². The molecule has 0 aliphatic carbocycles. The summed E-state index contributed by atoms with van der Waals surface area (Å²) < 4.78 is 54.9. The van der Waals surface area contributed by atoms with Crippen LogP contribution in [0.2, 0.25) is 0 Å². The molecule has 0 unspecified atom stereocenters. The Kier molecular flexibility index (Phi) is 27.0. The van der Waals surface area contributed by atoms with Gasteiger partial charge in [-0.2, -0.15) is 0 Å². The summed E-state index contributed by atoms with van der Waals surface area (Å²) >= 11 is 0. The molecule has 78 heavy (non-hydrogen) atoms. The molecule has 2 bridgehead atoms. The lowest BCUT2D eigenvalue weighted by Crippen LogP contribution is -2.55. The molecule has 5 aliphatic heterocycles. The number of hydrogen-bond donors (Lipinski definition) is 10. The van der Waals surface area contributed by atoms with Gasteiger partial charge in [-0.25, -0.2) is 0 Å². The molecule has 0 saturated carbocycles. The van der Waals surface area contributed by atoms with E-state index in [4.69, 9.17) is 42.6 Å². The van der Waals surface area contributed by atoms with Crippen LogP contribution in [0.4, 0.5) is 0 Å². The van der Waals surface area contributed by atoms with Gasteiger partial charge in [-0.3, -0.25) is 4.79 Å². The third kappa shape index (κ3) is 19.8. The Morgan fingerprint density at radius 2 is 1.29 bits per heavy atom. The Labute approximate surface area is 463 Å². The highest BCUT2D eigenvalue weighted by Crippen LogP contribution is 2.40. The van der Waals surface area contributed by atoms with Crippen LogP contribution in [-0.2, 0) is 47.4 Å². The van der Waals surface area contributed by atoms with Crippen molar-refractivity contribution in [2.24, 2.45) is 29.6 Å². The highest BCUT2D eigenvalue weighted by Gasteiger charge is 2.49. The summed E-state index contributed by atoms with van der Waals surface area (Å²) in [5.74, 6) is -4.52. The molecule has 5 aliphatic rings. The predicted octanol–water partition coefficient (Wildman–Crippen LogP) is 3.98. The SMILES string of the molecule is CO[C@@H]1C[C@H](O[C@H]2C[C@@H]3C[C@H](O)[C@@H](C)[C@](O)(C[C@H](O)CCCCCC(=O)O[C@H](C[C@@H](O)[C@H](C)[C@@H](O)[C@@H](C)[C@H](CC(C)C)O[C@H]4C[C@@H](O[C@H]5C[C@@H](O)[C@H](O)[C@@H](C)O5)[C@H](O)[C@@H](C)O4)[C@@H](C)C=CC=CC=C[C@@H](O)C2)O3)O[C@H](C)[C@H]1O. The number of methoxy groups -OCH3 is 1. The minimum absolute atomic E-state index is 0.00729. The van der Waals surface area contributed by atoms with Crippen LogP contribution in [0.15, 0.2) is 36.5 Å². The van der Waals surface area contributed by atoms with Gasteiger partial charge in [0.2, 0.25) is 0 Å². The fraction of sp³-hybridized carbons (Fsp3) is 0.879. The Morgan fingerprint density at radius 1 is 0.679 bits per heavy atom. The number of esters is 1. The van der Waals surface area contributed by atoms with Gasteiger partial charge < -0.3 is 93.7 Å². The number of carbonyl (C=O) groups excluding carboxylic acids is 1. The molecule has 0 aromatic rings. The largest absolute Gasteiger partial charge is 0.462 e. The van der Waals surface area contributed by atoms with E-state index in [-0.39, 0.29) is 69.6 Å². The second-order valence-electron chi connectivity index (χ2n) is 23.8. The molecule has 5 heterocycles. The van der Waals surface area contributed by atoms with Crippen molar-refractivity contribution >= 4 is 5.97 Å². The number of ether oxygens (including phenoxy) is 9. The fourth-order valence-corrected chi connectivity index (χ4v) is 11.5. The zero-order chi connectivity index (χ0) is 57.6. The summed E-state index contributed by atoms with van der Waals surface area (Å²) in [7, 11) is 1.50. The Balaban J connectivity index is 1.27. The molecule has 0 spiro atoms. The average molecular weight is 1120 g/mol. The van der Waals surface area contributed by atoms with Gasteiger partial charge in [-0.15, -0.1) is 0 Å². The van der Waals surface area contributed by atoms with Crippen LogP contribution in [0.25, 0.3) is 0 Å². The Bertz CT molecular complexity index is 1830. The molecule has 4 saturated heterocycles. The summed E-state index contributed by atoms with van der Waals surface area (Å²) in [6.45, 7) is 16.3. The van der Waals surface area contributed by atoms with E-state index in [2.05, 4.69) is 0 Å². The van der Waals surface area contributed by atoms with Crippen LogP contribution in [0.1, 0.15) is 152 Å². The highest BCUT2D eigenvalue weighted by atomic mass is 16.7. The van der Waals surface area contributed by atoms with E-state index in [1.807, 2.05) is 33.8 Å². The van der Waals surface area contributed by atoms with Gasteiger partial charge in [-0.1, -0.05) is 90.8 Å². The van der Waals surface area contributed by atoms with Crippen molar-refractivity contribution in [3.05, 3.63) is 36.5 Å². The Morgan fingerprint density at radius 3 is 1.95 bits per heavy atom. The van der Waals surface area contributed by atoms with Crippen molar-refractivity contribution in [2.45, 2.75) is 287 Å². The number of aliphatic hydroxyl groups excluding tert-OH is 9. The molecular formula is C58H100O20. The minimum atomic E-state index is -1.87. The molecule has 0 aromatic heterocycles. The van der Waals surface area contributed by atoms with Gasteiger partial charge in [-0.05, 0) is 46.0 Å². The third-order valence-corrected chi connectivity index (χ3v) is 16.8. The van der Waals surface area contributed by atoms with Gasteiger partial charge in [0.25, 0.3) is 0 Å². The summed E-state index contributed by atoms with van der Waals surface area (Å²) in [6.07, 6.45) is -4.10. The molecule has 0 aromatic carbocycles. The van der Waals surface area contributed by atoms with Gasteiger partial charge in [0.15, 0.2) is 24.7 Å². The van der Waals surface area contributed by atoms with Crippen LogP contribution in [0.3, 0.4) is 0 Å². The van der Waals surface area contributed by atoms with Crippen molar-refractivity contribution in [3.8, 4) is 0 Å². The van der Waals surface area contributed by atoms with E-state index in [0.717, 1.165) is 0 Å². The lowest BCUT2D eigenvalue weighted by Gasteiger charge is -2.46. The second kappa shape index (κ2) is 31.6. The number of rotatable bonds is 15. The first-order chi connectivity index (χ1) is 36.8. The van der Waals surface area contributed by atoms with Crippen LogP contribution >= 0.6 is 0 Å². The fourth-order valence-electron chi connectivity index (χ4n) is 11.5. The maximum absolute atomic E-state index is 13.5. The summed E-state index contributed by atoms with van der Waals surface area (Å²) in [4.78, 5) is 13.5. The first-order valence-electron chi connectivity index (χ1n) is 29.0. The van der Waals surface area contributed by atoms with Crippen molar-refractivity contribution in [1.82, 2.24) is 0 Å². The quantitative estimate of drug-likeness (QED) is 0.104. The smallest absolute Gasteiger partial charge is 0.306 e. The molecule has 5 rings (SSSR count). The van der Waals surface area contributed by atoms with E-state index in [1.54, 1.807) is 65.0 Å². The first-order valence-corrected chi connectivity index (χ1v) is 29.0. The number of carbonyl (C=O) groups is 1. The van der Waals surface area contributed by atoms with Gasteiger partial charge >= 0.3 is 5.97 Å². The molecule has 10 N–H and O–H groups in total. The van der Waals surface area contributed by atoms with Gasteiger partial charge in [0.05, 0.1) is 85.5 Å². The summed E-state index contributed by atoms with van der Waals surface area (Å²) in [6, 6.07) is 0. The topological polar surface area (TPSA) is 302 Å². The van der Waals surface area contributed by atoms with E-state index in [9.17, 15) is 55.9 Å². The zero-order valence-corrected chi connectivity index (χ0v) is 47.9. The zero-order valence-electron chi connectivity index (χ0n) is 47.9. The maximum atomic E-state index is 13.5. The number of aliphatic hydroxyl groups is 10.